The number of furan rings is 1. The van der Waals surface area contributed by atoms with Crippen molar-refractivity contribution in [2.45, 2.75) is 52.2 Å². The van der Waals surface area contributed by atoms with Crippen LogP contribution in [0.1, 0.15) is 41.0 Å². The van der Waals surface area contributed by atoms with Crippen LogP contribution in [0.5, 0.6) is 5.75 Å². The standard InChI is InChI=1S/C25H28O4/c1-17(2)23(26)29-25(5,6)16-24(3,4)28-20-13-11-18(12-14-20)22-15-19-9-7-8-10-21(19)27-22/h7-15H,1,16H2,2-6H3. The molecule has 0 unspecified atom stereocenters. The number of para-hydroxylation sites is 1. The molecule has 1 heterocycles. The van der Waals surface area contributed by atoms with Gasteiger partial charge in [0.1, 0.15) is 28.3 Å². The Bertz CT molecular complexity index is 989. The first-order valence-corrected chi connectivity index (χ1v) is 9.72. The second-order valence-corrected chi connectivity index (χ2v) is 8.64. The van der Waals surface area contributed by atoms with Gasteiger partial charge in [0.05, 0.1) is 0 Å². The van der Waals surface area contributed by atoms with Crippen LogP contribution in [0.3, 0.4) is 0 Å². The van der Waals surface area contributed by atoms with Gasteiger partial charge in [-0.05, 0) is 71.0 Å². The zero-order valence-corrected chi connectivity index (χ0v) is 17.7. The number of ether oxygens (including phenoxy) is 2. The highest BCUT2D eigenvalue weighted by molar-refractivity contribution is 5.87. The molecule has 0 spiro atoms. The van der Waals surface area contributed by atoms with E-state index in [2.05, 4.69) is 6.58 Å². The molecule has 1 aromatic heterocycles. The van der Waals surface area contributed by atoms with Crippen LogP contribution in [0.4, 0.5) is 0 Å². The number of hydrogen-bond donors (Lipinski definition) is 0. The summed E-state index contributed by atoms with van der Waals surface area (Å²) in [6.45, 7) is 13.0. The highest BCUT2D eigenvalue weighted by atomic mass is 16.6. The van der Waals surface area contributed by atoms with E-state index in [1.807, 2.05) is 82.3 Å². The maximum Gasteiger partial charge on any atom is 0.333 e. The lowest BCUT2D eigenvalue weighted by molar-refractivity contribution is -0.155. The Balaban J connectivity index is 1.69. The molecule has 0 fully saturated rings. The Labute approximate surface area is 172 Å². The summed E-state index contributed by atoms with van der Waals surface area (Å²) in [5.41, 5.74) is 1.04. The van der Waals surface area contributed by atoms with Crippen molar-refractivity contribution in [3.63, 3.8) is 0 Å². The van der Waals surface area contributed by atoms with Gasteiger partial charge in [-0.1, -0.05) is 24.8 Å². The fraction of sp³-hybridized carbons (Fsp3) is 0.320. The molecule has 0 saturated carbocycles. The van der Waals surface area contributed by atoms with Gasteiger partial charge >= 0.3 is 5.97 Å². The minimum Gasteiger partial charge on any atom is -0.488 e. The van der Waals surface area contributed by atoms with E-state index in [0.29, 0.717) is 12.0 Å². The van der Waals surface area contributed by atoms with Crippen molar-refractivity contribution in [1.29, 1.82) is 0 Å². The van der Waals surface area contributed by atoms with E-state index in [4.69, 9.17) is 13.9 Å². The van der Waals surface area contributed by atoms with E-state index in [1.165, 1.54) is 0 Å². The zero-order chi connectivity index (χ0) is 21.2. The average molecular weight is 392 g/mol. The second-order valence-electron chi connectivity index (χ2n) is 8.64. The lowest BCUT2D eigenvalue weighted by atomic mass is 9.92. The second kappa shape index (κ2) is 7.78. The number of carbonyl (C=O) groups excluding carboxylic acids is 1. The lowest BCUT2D eigenvalue weighted by Crippen LogP contribution is -2.40. The largest absolute Gasteiger partial charge is 0.488 e. The van der Waals surface area contributed by atoms with E-state index in [9.17, 15) is 4.79 Å². The SMILES string of the molecule is C=C(C)C(=O)OC(C)(C)CC(C)(C)Oc1ccc(-c2cc3ccccc3o2)cc1. The van der Waals surface area contributed by atoms with Gasteiger partial charge in [0, 0.05) is 22.9 Å². The number of benzene rings is 2. The molecule has 29 heavy (non-hydrogen) atoms. The van der Waals surface area contributed by atoms with Crippen molar-refractivity contribution >= 4 is 16.9 Å². The van der Waals surface area contributed by atoms with Crippen molar-refractivity contribution < 1.29 is 18.7 Å². The maximum atomic E-state index is 11.9. The summed E-state index contributed by atoms with van der Waals surface area (Å²) in [5.74, 6) is 1.18. The predicted octanol–water partition coefficient (Wildman–Crippen LogP) is 6.55. The molecule has 4 nitrogen and oxygen atoms in total. The smallest absolute Gasteiger partial charge is 0.333 e. The summed E-state index contributed by atoms with van der Waals surface area (Å²) < 4.78 is 17.7. The molecule has 0 aliphatic carbocycles. The normalized spacial score (nSPS) is 12.0. The molecule has 0 radical (unpaired) electrons. The molecule has 0 atom stereocenters. The van der Waals surface area contributed by atoms with Crippen LogP contribution in [0.25, 0.3) is 22.3 Å². The maximum absolute atomic E-state index is 11.9. The third-order valence-corrected chi connectivity index (χ3v) is 4.53. The minimum absolute atomic E-state index is 0.387. The van der Waals surface area contributed by atoms with Crippen LogP contribution < -0.4 is 4.74 Å². The van der Waals surface area contributed by atoms with Gasteiger partial charge < -0.3 is 13.9 Å². The Morgan fingerprint density at radius 2 is 1.66 bits per heavy atom. The van der Waals surface area contributed by atoms with Gasteiger partial charge in [-0.15, -0.1) is 0 Å². The van der Waals surface area contributed by atoms with E-state index < -0.39 is 11.2 Å². The number of fused-ring (bicyclic) bond motifs is 1. The van der Waals surface area contributed by atoms with Gasteiger partial charge in [-0.3, -0.25) is 0 Å². The van der Waals surface area contributed by atoms with Crippen molar-refractivity contribution in [3.8, 4) is 17.1 Å². The molecule has 3 aromatic rings. The first kappa shape index (κ1) is 20.7. The number of carbonyl (C=O) groups is 1. The molecule has 0 amide bonds. The number of hydrogen-bond acceptors (Lipinski definition) is 4. The summed E-state index contributed by atoms with van der Waals surface area (Å²) >= 11 is 0. The molecular weight excluding hydrogens is 364 g/mol. The lowest BCUT2D eigenvalue weighted by Gasteiger charge is -2.35. The fourth-order valence-corrected chi connectivity index (χ4v) is 3.57. The van der Waals surface area contributed by atoms with E-state index in [0.717, 1.165) is 28.0 Å². The highest BCUT2D eigenvalue weighted by Gasteiger charge is 2.33. The van der Waals surface area contributed by atoms with E-state index >= 15 is 0 Å². The van der Waals surface area contributed by atoms with Crippen molar-refractivity contribution in [2.24, 2.45) is 0 Å². The van der Waals surface area contributed by atoms with Gasteiger partial charge in [0.25, 0.3) is 0 Å². The van der Waals surface area contributed by atoms with Gasteiger partial charge in [0.2, 0.25) is 0 Å². The molecule has 0 bridgehead atoms. The van der Waals surface area contributed by atoms with Crippen molar-refractivity contribution in [3.05, 3.63) is 66.7 Å². The quantitative estimate of drug-likeness (QED) is 0.338. The summed E-state index contributed by atoms with van der Waals surface area (Å²) in [6.07, 6.45) is 0.532. The fourth-order valence-electron chi connectivity index (χ4n) is 3.57. The van der Waals surface area contributed by atoms with E-state index in [1.54, 1.807) is 6.92 Å². The first-order chi connectivity index (χ1) is 13.5. The molecule has 152 valence electrons. The first-order valence-electron chi connectivity index (χ1n) is 9.72. The van der Waals surface area contributed by atoms with Crippen LogP contribution in [-0.4, -0.2) is 17.2 Å². The highest BCUT2D eigenvalue weighted by Crippen LogP contribution is 2.32. The summed E-state index contributed by atoms with van der Waals surface area (Å²) in [5, 5.41) is 1.08. The van der Waals surface area contributed by atoms with Crippen LogP contribution >= 0.6 is 0 Å². The Kier molecular flexibility index (Phi) is 5.56. The van der Waals surface area contributed by atoms with E-state index in [-0.39, 0.29) is 5.97 Å². The predicted molar refractivity (Wildman–Crippen MR) is 116 cm³/mol. The van der Waals surface area contributed by atoms with Crippen LogP contribution in [-0.2, 0) is 9.53 Å². The molecule has 0 saturated heterocycles. The third kappa shape index (κ3) is 5.29. The Morgan fingerprint density at radius 1 is 1.00 bits per heavy atom. The minimum atomic E-state index is -0.673. The number of esters is 1. The van der Waals surface area contributed by atoms with Gasteiger partial charge in [-0.25, -0.2) is 4.79 Å². The molecule has 0 N–H and O–H groups in total. The van der Waals surface area contributed by atoms with Crippen molar-refractivity contribution in [2.75, 3.05) is 0 Å². The van der Waals surface area contributed by atoms with Crippen LogP contribution in [0.15, 0.2) is 71.2 Å². The summed E-state index contributed by atoms with van der Waals surface area (Å²) in [7, 11) is 0. The molecule has 4 heteroatoms. The summed E-state index contributed by atoms with van der Waals surface area (Å²) in [4.78, 5) is 11.9. The van der Waals surface area contributed by atoms with Gasteiger partial charge in [0.15, 0.2) is 0 Å². The molecule has 3 rings (SSSR count). The van der Waals surface area contributed by atoms with Gasteiger partial charge in [-0.2, -0.15) is 0 Å². The van der Waals surface area contributed by atoms with Crippen molar-refractivity contribution in [1.82, 2.24) is 0 Å². The molecule has 0 aliphatic heterocycles. The molecule has 0 aliphatic rings. The third-order valence-electron chi connectivity index (χ3n) is 4.53. The molecule has 2 aromatic carbocycles. The summed E-state index contributed by atoms with van der Waals surface area (Å²) in [6, 6.07) is 17.8. The average Bonchev–Trinajstić information content (AvgIpc) is 3.04. The zero-order valence-electron chi connectivity index (χ0n) is 17.7. The van der Waals surface area contributed by atoms with Crippen LogP contribution in [0.2, 0.25) is 0 Å². The molecular formula is C25H28O4. The Morgan fingerprint density at radius 3 is 2.28 bits per heavy atom. The number of rotatable bonds is 7. The monoisotopic (exact) mass is 392 g/mol. The topological polar surface area (TPSA) is 48.7 Å². The Hall–Kier alpha value is -3.01. The van der Waals surface area contributed by atoms with Crippen LogP contribution in [0, 0.1) is 0 Å².